The topological polar surface area (TPSA) is 53.1 Å². The highest BCUT2D eigenvalue weighted by molar-refractivity contribution is 5.35. The van der Waals surface area contributed by atoms with Gasteiger partial charge in [-0.3, -0.25) is 0 Å². The molecule has 1 aliphatic rings. The van der Waals surface area contributed by atoms with Crippen LogP contribution in [0.3, 0.4) is 0 Å². The molecular weight excluding hydrogens is 221 g/mol. The van der Waals surface area contributed by atoms with E-state index in [1.165, 1.54) is 24.3 Å². The van der Waals surface area contributed by atoms with E-state index in [1.54, 1.807) is 0 Å². The zero-order chi connectivity index (χ0) is 11.8. The first-order chi connectivity index (χ1) is 7.49. The van der Waals surface area contributed by atoms with Crippen LogP contribution >= 0.6 is 0 Å². The van der Waals surface area contributed by atoms with Crippen LogP contribution in [0.1, 0.15) is 12.5 Å². The van der Waals surface area contributed by atoms with E-state index in [1.807, 2.05) is 6.92 Å². The zero-order valence-electron chi connectivity index (χ0n) is 8.56. The summed E-state index contributed by atoms with van der Waals surface area (Å²) >= 11 is 0. The van der Waals surface area contributed by atoms with Crippen LogP contribution in [0.2, 0.25) is 0 Å². The maximum atomic E-state index is 12.7. The Kier molecular flexibility index (Phi) is 2.55. The molecule has 2 rings (SSSR count). The van der Waals surface area contributed by atoms with Gasteiger partial charge < -0.3 is 4.74 Å². The normalized spacial score (nSPS) is 18.2. The molecule has 0 spiro atoms. The Morgan fingerprint density at radius 1 is 1.19 bits per heavy atom. The molecule has 1 aromatic carbocycles. The predicted molar refractivity (Wildman–Crippen MR) is 51.6 cm³/mol. The van der Waals surface area contributed by atoms with Gasteiger partial charge in [-0.1, -0.05) is 12.1 Å². The average molecular weight is 232 g/mol. The third kappa shape index (κ3) is 1.74. The van der Waals surface area contributed by atoms with Gasteiger partial charge in [0.1, 0.15) is 5.75 Å². The van der Waals surface area contributed by atoms with Gasteiger partial charge in [-0.05, 0) is 24.6 Å². The standard InChI is InChI=1S/C10H11F3N2O/c1-2-16-8-5-3-7(4-6-8)9(14-15-9)10(11,12)13/h3-6,14-15H,2H2,1H3. The van der Waals surface area contributed by atoms with Crippen LogP contribution < -0.4 is 15.6 Å². The molecule has 0 aliphatic carbocycles. The molecule has 3 nitrogen and oxygen atoms in total. The summed E-state index contributed by atoms with van der Waals surface area (Å²) < 4.78 is 43.2. The number of halogens is 3. The third-order valence-electron chi connectivity index (χ3n) is 2.40. The largest absolute Gasteiger partial charge is 0.494 e. The van der Waals surface area contributed by atoms with E-state index in [9.17, 15) is 13.2 Å². The van der Waals surface area contributed by atoms with Gasteiger partial charge >= 0.3 is 6.18 Å². The summed E-state index contributed by atoms with van der Waals surface area (Å²) in [6.07, 6.45) is -4.36. The van der Waals surface area contributed by atoms with E-state index < -0.39 is 11.8 Å². The van der Waals surface area contributed by atoms with E-state index in [4.69, 9.17) is 4.74 Å². The van der Waals surface area contributed by atoms with Crippen molar-refractivity contribution in [1.82, 2.24) is 10.9 Å². The first-order valence-electron chi connectivity index (χ1n) is 4.84. The van der Waals surface area contributed by atoms with E-state index >= 15 is 0 Å². The van der Waals surface area contributed by atoms with Crippen LogP contribution in [-0.4, -0.2) is 12.8 Å². The molecule has 88 valence electrons. The summed E-state index contributed by atoms with van der Waals surface area (Å²) in [7, 11) is 0. The fraction of sp³-hybridized carbons (Fsp3) is 0.400. The Bertz CT molecular complexity index is 371. The van der Waals surface area contributed by atoms with Gasteiger partial charge in [0.15, 0.2) is 0 Å². The molecule has 1 heterocycles. The van der Waals surface area contributed by atoms with Crippen LogP contribution in [0.4, 0.5) is 13.2 Å². The van der Waals surface area contributed by atoms with Crippen LogP contribution in [0.25, 0.3) is 0 Å². The van der Waals surface area contributed by atoms with Gasteiger partial charge in [0.2, 0.25) is 5.66 Å². The molecule has 1 fully saturated rings. The lowest BCUT2D eigenvalue weighted by Gasteiger charge is -2.16. The fourth-order valence-corrected chi connectivity index (χ4v) is 1.48. The number of hydrogen-bond donors (Lipinski definition) is 2. The zero-order valence-corrected chi connectivity index (χ0v) is 8.56. The number of ether oxygens (including phenoxy) is 1. The molecule has 2 N–H and O–H groups in total. The molecule has 0 radical (unpaired) electrons. The van der Waals surface area contributed by atoms with Crippen molar-refractivity contribution in [3.05, 3.63) is 29.8 Å². The van der Waals surface area contributed by atoms with Crippen molar-refractivity contribution < 1.29 is 17.9 Å². The minimum Gasteiger partial charge on any atom is -0.494 e. The molecule has 1 saturated heterocycles. The first-order valence-corrected chi connectivity index (χ1v) is 4.84. The Morgan fingerprint density at radius 3 is 2.12 bits per heavy atom. The molecule has 0 aromatic heterocycles. The van der Waals surface area contributed by atoms with Gasteiger partial charge in [-0.2, -0.15) is 13.2 Å². The molecule has 0 amide bonds. The van der Waals surface area contributed by atoms with E-state index in [-0.39, 0.29) is 5.56 Å². The maximum absolute atomic E-state index is 12.7. The van der Waals surface area contributed by atoms with Crippen LogP contribution in [0, 0.1) is 0 Å². The Labute approximate surface area is 90.6 Å². The van der Waals surface area contributed by atoms with Crippen LogP contribution in [0.15, 0.2) is 24.3 Å². The molecule has 16 heavy (non-hydrogen) atoms. The molecule has 0 atom stereocenters. The highest BCUT2D eigenvalue weighted by Gasteiger charge is 2.65. The smallest absolute Gasteiger partial charge is 0.426 e. The second-order valence-corrected chi connectivity index (χ2v) is 3.46. The highest BCUT2D eigenvalue weighted by atomic mass is 19.4. The van der Waals surface area contributed by atoms with Crippen molar-refractivity contribution in [2.75, 3.05) is 6.61 Å². The highest BCUT2D eigenvalue weighted by Crippen LogP contribution is 2.42. The summed E-state index contributed by atoms with van der Waals surface area (Å²) in [4.78, 5) is 0. The molecule has 0 unspecified atom stereocenters. The summed E-state index contributed by atoms with van der Waals surface area (Å²) in [5.74, 6) is 0.559. The number of rotatable bonds is 3. The lowest BCUT2D eigenvalue weighted by molar-refractivity contribution is -0.165. The van der Waals surface area contributed by atoms with Crippen molar-refractivity contribution in [3.8, 4) is 5.75 Å². The van der Waals surface area contributed by atoms with Crippen LogP contribution in [0.5, 0.6) is 5.75 Å². The maximum Gasteiger partial charge on any atom is 0.426 e. The molecule has 1 aromatic rings. The number of alkyl halides is 3. The lowest BCUT2D eigenvalue weighted by Crippen LogP contribution is -2.34. The Balaban J connectivity index is 2.22. The molecule has 1 aliphatic heterocycles. The first kappa shape index (κ1) is 11.2. The van der Waals surface area contributed by atoms with Gasteiger partial charge in [-0.25, -0.2) is 10.9 Å². The quantitative estimate of drug-likeness (QED) is 0.783. The van der Waals surface area contributed by atoms with E-state index in [0.717, 1.165) is 0 Å². The second kappa shape index (κ2) is 3.64. The van der Waals surface area contributed by atoms with Crippen LogP contribution in [-0.2, 0) is 5.66 Å². The van der Waals surface area contributed by atoms with Crippen molar-refractivity contribution >= 4 is 0 Å². The average Bonchev–Trinajstić information content (AvgIpc) is 2.99. The van der Waals surface area contributed by atoms with Gasteiger partial charge in [0, 0.05) is 0 Å². The van der Waals surface area contributed by atoms with Crippen molar-refractivity contribution in [2.24, 2.45) is 0 Å². The van der Waals surface area contributed by atoms with Crippen molar-refractivity contribution in [1.29, 1.82) is 0 Å². The Morgan fingerprint density at radius 2 is 1.75 bits per heavy atom. The third-order valence-corrected chi connectivity index (χ3v) is 2.40. The number of hydrogen-bond acceptors (Lipinski definition) is 3. The van der Waals surface area contributed by atoms with E-state index in [2.05, 4.69) is 10.9 Å². The van der Waals surface area contributed by atoms with E-state index in [0.29, 0.717) is 12.4 Å². The SMILES string of the molecule is CCOc1ccc(C2(C(F)(F)F)NN2)cc1. The molecule has 0 bridgehead atoms. The monoisotopic (exact) mass is 232 g/mol. The molecule has 0 saturated carbocycles. The Hall–Kier alpha value is -1.27. The molecule has 6 heteroatoms. The van der Waals surface area contributed by atoms with Crippen molar-refractivity contribution in [3.63, 3.8) is 0 Å². The minimum absolute atomic E-state index is 0.128. The minimum atomic E-state index is -4.36. The van der Waals surface area contributed by atoms with Gasteiger partial charge in [0.25, 0.3) is 0 Å². The fourth-order valence-electron chi connectivity index (χ4n) is 1.48. The summed E-state index contributed by atoms with van der Waals surface area (Å²) in [5, 5.41) is 0. The summed E-state index contributed by atoms with van der Waals surface area (Å²) in [5.41, 5.74) is 2.32. The number of benzene rings is 1. The number of nitrogens with one attached hydrogen (secondary N) is 2. The lowest BCUT2D eigenvalue weighted by atomic mass is 10.0. The summed E-state index contributed by atoms with van der Waals surface area (Å²) in [6.45, 7) is 2.30. The number of hydrazine groups is 1. The summed E-state index contributed by atoms with van der Waals surface area (Å²) in [6, 6.07) is 5.83. The predicted octanol–water partition coefficient (Wildman–Crippen LogP) is 1.91. The second-order valence-electron chi connectivity index (χ2n) is 3.46. The molecular formula is C10H11F3N2O. The van der Waals surface area contributed by atoms with Gasteiger partial charge in [-0.15, -0.1) is 0 Å². The van der Waals surface area contributed by atoms with Gasteiger partial charge in [0.05, 0.1) is 6.61 Å². The van der Waals surface area contributed by atoms with Crippen molar-refractivity contribution in [2.45, 2.75) is 18.8 Å².